The molecule has 1 saturated heterocycles. The second-order valence-electron chi connectivity index (χ2n) is 8.32. The molecule has 1 aromatic carbocycles. The zero-order valence-corrected chi connectivity index (χ0v) is 17.7. The Balaban J connectivity index is 1.56. The molecule has 1 amide bonds. The molecule has 4 atom stereocenters. The highest BCUT2D eigenvalue weighted by Gasteiger charge is 2.45. The first-order valence-corrected chi connectivity index (χ1v) is 10.6. The summed E-state index contributed by atoms with van der Waals surface area (Å²) in [5.41, 5.74) is 2.32. The van der Waals surface area contributed by atoms with Crippen LogP contribution >= 0.6 is 0 Å². The van der Waals surface area contributed by atoms with Gasteiger partial charge in [-0.05, 0) is 37.7 Å². The summed E-state index contributed by atoms with van der Waals surface area (Å²) in [7, 11) is 0. The number of hydrogen-bond donors (Lipinski definition) is 0. The molecular weight excluding hydrogens is 378 g/mol. The van der Waals surface area contributed by atoms with Crippen molar-refractivity contribution in [2.45, 2.75) is 27.3 Å². The van der Waals surface area contributed by atoms with Crippen molar-refractivity contribution in [3.8, 4) is 6.07 Å². The Bertz CT molecular complexity index is 1060. The number of nitrogens with zero attached hydrogens (tertiary/aromatic N) is 3. The van der Waals surface area contributed by atoms with Gasteiger partial charge in [-0.1, -0.05) is 37.3 Å². The molecular formula is C24H27N3O3. The van der Waals surface area contributed by atoms with Crippen LogP contribution in [0.3, 0.4) is 0 Å². The molecule has 1 aliphatic carbocycles. The van der Waals surface area contributed by atoms with Crippen LogP contribution in [-0.2, 0) is 20.9 Å². The summed E-state index contributed by atoms with van der Waals surface area (Å²) in [5.74, 6) is 0.0131. The molecule has 6 heteroatoms. The minimum Gasteiger partial charge on any atom is -0.466 e. The van der Waals surface area contributed by atoms with Crippen LogP contribution < -0.4 is 0 Å². The van der Waals surface area contributed by atoms with Crippen molar-refractivity contribution in [1.82, 2.24) is 9.47 Å². The van der Waals surface area contributed by atoms with Crippen molar-refractivity contribution in [2.24, 2.45) is 23.7 Å². The maximum atomic E-state index is 13.2. The van der Waals surface area contributed by atoms with Gasteiger partial charge >= 0.3 is 5.97 Å². The van der Waals surface area contributed by atoms with Gasteiger partial charge in [-0.25, -0.2) is 0 Å². The molecule has 156 valence electrons. The number of hydrogen-bond acceptors (Lipinski definition) is 4. The molecule has 0 spiro atoms. The van der Waals surface area contributed by atoms with Gasteiger partial charge < -0.3 is 14.2 Å². The number of carbonyl (C=O) groups is 2. The number of esters is 1. The first-order valence-electron chi connectivity index (χ1n) is 10.6. The van der Waals surface area contributed by atoms with Crippen molar-refractivity contribution in [2.75, 3.05) is 19.7 Å². The van der Waals surface area contributed by atoms with Gasteiger partial charge in [0.15, 0.2) is 0 Å². The predicted octanol–water partition coefficient (Wildman–Crippen LogP) is 3.28. The standard InChI is InChI=1S/C24H27N3O3/c1-4-30-24(29)23-15(2)9-10-17-12-26(13-20(17)23)22(28)14-27-16(3)19(11-25)18-7-5-6-8-21(18)27/h5-10,15,17,20,23H,4,12-14H2,1-3H3/t15-,17-,20-,23-/m0/s1. The number of fused-ring (bicyclic) bond motifs is 2. The molecule has 2 heterocycles. The van der Waals surface area contributed by atoms with Crippen molar-refractivity contribution < 1.29 is 14.3 Å². The highest BCUT2D eigenvalue weighted by molar-refractivity contribution is 5.89. The van der Waals surface area contributed by atoms with Gasteiger partial charge in [0.05, 0.1) is 23.6 Å². The lowest BCUT2D eigenvalue weighted by molar-refractivity contribution is -0.152. The number of para-hydroxylation sites is 1. The molecule has 0 saturated carbocycles. The average molecular weight is 405 g/mol. The van der Waals surface area contributed by atoms with E-state index < -0.39 is 0 Å². The molecule has 0 bridgehead atoms. The quantitative estimate of drug-likeness (QED) is 0.578. The van der Waals surface area contributed by atoms with Crippen LogP contribution in [0.5, 0.6) is 0 Å². The van der Waals surface area contributed by atoms with Crippen molar-refractivity contribution in [3.05, 3.63) is 47.7 Å². The van der Waals surface area contributed by atoms with Gasteiger partial charge in [0.25, 0.3) is 0 Å². The first-order chi connectivity index (χ1) is 14.5. The van der Waals surface area contributed by atoms with E-state index in [0.717, 1.165) is 16.6 Å². The van der Waals surface area contributed by atoms with Gasteiger partial charge in [0.1, 0.15) is 12.6 Å². The molecule has 30 heavy (non-hydrogen) atoms. The first kappa shape index (κ1) is 20.2. The van der Waals surface area contributed by atoms with E-state index in [4.69, 9.17) is 4.74 Å². The second kappa shape index (κ2) is 7.98. The van der Waals surface area contributed by atoms with Gasteiger partial charge in [0.2, 0.25) is 5.91 Å². The SMILES string of the molecule is CCOC(=O)[C@@H]1[C@H]2CN(C(=O)Cn3c(C)c(C#N)c4ccccc43)C[C@@H]2C=C[C@@H]1C. The Hall–Kier alpha value is -3.07. The summed E-state index contributed by atoms with van der Waals surface area (Å²) < 4.78 is 7.25. The third kappa shape index (κ3) is 3.28. The number of allylic oxidation sites excluding steroid dienone is 1. The number of benzene rings is 1. The number of rotatable bonds is 4. The Morgan fingerprint density at radius 3 is 2.73 bits per heavy atom. The maximum Gasteiger partial charge on any atom is 0.309 e. The Morgan fingerprint density at radius 2 is 2.00 bits per heavy atom. The summed E-state index contributed by atoms with van der Waals surface area (Å²) in [4.78, 5) is 27.6. The molecule has 2 aromatic rings. The lowest BCUT2D eigenvalue weighted by Gasteiger charge is -2.31. The minimum absolute atomic E-state index is 0.0152. The van der Waals surface area contributed by atoms with Gasteiger partial charge in [-0.3, -0.25) is 9.59 Å². The molecule has 2 aliphatic rings. The lowest BCUT2D eigenvalue weighted by Crippen LogP contribution is -2.37. The number of aromatic nitrogens is 1. The fourth-order valence-corrected chi connectivity index (χ4v) is 5.11. The zero-order valence-electron chi connectivity index (χ0n) is 17.7. The fraction of sp³-hybridized carbons (Fsp3) is 0.458. The van der Waals surface area contributed by atoms with Gasteiger partial charge in [-0.2, -0.15) is 5.26 Å². The molecule has 4 rings (SSSR count). The van der Waals surface area contributed by atoms with Crippen molar-refractivity contribution in [3.63, 3.8) is 0 Å². The van der Waals surface area contributed by atoms with E-state index in [1.807, 2.05) is 54.5 Å². The fourth-order valence-electron chi connectivity index (χ4n) is 5.11. The number of carbonyl (C=O) groups excluding carboxylic acids is 2. The van der Waals surface area contributed by atoms with Crippen LogP contribution in [0.15, 0.2) is 36.4 Å². The van der Waals surface area contributed by atoms with Crippen molar-refractivity contribution in [1.29, 1.82) is 5.26 Å². The minimum atomic E-state index is -0.211. The van der Waals surface area contributed by atoms with E-state index in [-0.39, 0.29) is 42.1 Å². The monoisotopic (exact) mass is 405 g/mol. The summed E-state index contributed by atoms with van der Waals surface area (Å²) in [6.07, 6.45) is 4.24. The third-order valence-electron chi connectivity index (χ3n) is 6.65. The number of ether oxygens (including phenoxy) is 1. The lowest BCUT2D eigenvalue weighted by atomic mass is 9.72. The van der Waals surface area contributed by atoms with E-state index in [0.29, 0.717) is 25.3 Å². The van der Waals surface area contributed by atoms with Crippen LogP contribution in [0, 0.1) is 41.9 Å². The molecule has 0 N–H and O–H groups in total. The van der Waals surface area contributed by atoms with Crippen LogP contribution in [-0.4, -0.2) is 41.0 Å². The molecule has 6 nitrogen and oxygen atoms in total. The van der Waals surface area contributed by atoms with E-state index in [2.05, 4.69) is 18.2 Å². The van der Waals surface area contributed by atoms with Crippen LogP contribution in [0.1, 0.15) is 25.1 Å². The number of likely N-dealkylation sites (tertiary alicyclic amines) is 1. The molecule has 1 aromatic heterocycles. The topological polar surface area (TPSA) is 75.3 Å². The van der Waals surface area contributed by atoms with Crippen LogP contribution in [0.2, 0.25) is 0 Å². The normalized spacial score (nSPS) is 25.2. The zero-order chi connectivity index (χ0) is 21.4. The van der Waals surface area contributed by atoms with Crippen molar-refractivity contribution >= 4 is 22.8 Å². The summed E-state index contributed by atoms with van der Waals surface area (Å²) in [6, 6.07) is 9.96. The summed E-state index contributed by atoms with van der Waals surface area (Å²) >= 11 is 0. The maximum absolute atomic E-state index is 13.2. The van der Waals surface area contributed by atoms with Gasteiger partial charge in [0, 0.05) is 24.2 Å². The Morgan fingerprint density at radius 1 is 1.23 bits per heavy atom. The third-order valence-corrected chi connectivity index (χ3v) is 6.65. The Labute approximate surface area is 176 Å². The highest BCUT2D eigenvalue weighted by atomic mass is 16.5. The molecule has 1 aliphatic heterocycles. The largest absolute Gasteiger partial charge is 0.466 e. The highest BCUT2D eigenvalue weighted by Crippen LogP contribution is 2.40. The predicted molar refractivity (Wildman–Crippen MR) is 113 cm³/mol. The molecule has 1 fully saturated rings. The second-order valence-corrected chi connectivity index (χ2v) is 8.32. The molecule has 0 radical (unpaired) electrons. The van der Waals surface area contributed by atoms with Gasteiger partial charge in [-0.15, -0.1) is 0 Å². The number of nitriles is 1. The van der Waals surface area contributed by atoms with E-state index in [1.54, 1.807) is 0 Å². The summed E-state index contributed by atoms with van der Waals surface area (Å²) in [5, 5.41) is 10.4. The van der Waals surface area contributed by atoms with Crippen LogP contribution in [0.4, 0.5) is 0 Å². The Kier molecular flexibility index (Phi) is 5.38. The smallest absolute Gasteiger partial charge is 0.309 e. The number of amides is 1. The average Bonchev–Trinajstić information content (AvgIpc) is 3.27. The van der Waals surface area contributed by atoms with E-state index in [9.17, 15) is 14.9 Å². The van der Waals surface area contributed by atoms with E-state index in [1.165, 1.54) is 0 Å². The van der Waals surface area contributed by atoms with E-state index >= 15 is 0 Å². The molecule has 0 unspecified atom stereocenters. The summed E-state index contributed by atoms with van der Waals surface area (Å²) in [6.45, 7) is 7.48. The van der Waals surface area contributed by atoms with Crippen LogP contribution in [0.25, 0.3) is 10.9 Å².